The summed E-state index contributed by atoms with van der Waals surface area (Å²) in [7, 11) is 1.62. The van der Waals surface area contributed by atoms with E-state index in [0.29, 0.717) is 23.5 Å². The Morgan fingerprint density at radius 2 is 2.00 bits per heavy atom. The zero-order chi connectivity index (χ0) is 12.3. The molecule has 3 nitrogen and oxygen atoms in total. The minimum absolute atomic E-state index is 0.331. The highest BCUT2D eigenvalue weighted by Crippen LogP contribution is 2.31. The molecule has 0 radical (unpaired) electrons. The predicted octanol–water partition coefficient (Wildman–Crippen LogP) is 3.23. The molecule has 1 aliphatic rings. The van der Waals surface area contributed by atoms with E-state index in [4.69, 9.17) is 15.2 Å². The third-order valence-electron chi connectivity index (χ3n) is 3.53. The Bertz CT molecular complexity index is 378. The summed E-state index contributed by atoms with van der Waals surface area (Å²) in [4.78, 5) is 0. The lowest BCUT2D eigenvalue weighted by atomic mass is 9.88. The zero-order valence-corrected chi connectivity index (χ0v) is 10.6. The van der Waals surface area contributed by atoms with Crippen molar-refractivity contribution in [1.82, 2.24) is 0 Å². The Morgan fingerprint density at radius 1 is 1.24 bits per heavy atom. The van der Waals surface area contributed by atoms with Crippen LogP contribution >= 0.6 is 0 Å². The Balaban J connectivity index is 2.07. The van der Waals surface area contributed by atoms with Crippen LogP contribution in [-0.2, 0) is 0 Å². The van der Waals surface area contributed by atoms with Crippen LogP contribution in [0.5, 0.6) is 11.5 Å². The summed E-state index contributed by atoms with van der Waals surface area (Å²) in [5.41, 5.74) is 6.43. The number of benzene rings is 1. The van der Waals surface area contributed by atoms with Crippen LogP contribution in [0.2, 0.25) is 0 Å². The lowest BCUT2D eigenvalue weighted by molar-refractivity contribution is 0.102. The Labute approximate surface area is 103 Å². The number of nitrogens with two attached hydrogens (primary N) is 1. The molecule has 0 saturated heterocycles. The Morgan fingerprint density at radius 3 is 2.71 bits per heavy atom. The lowest BCUT2D eigenvalue weighted by Gasteiger charge is -2.29. The minimum atomic E-state index is 0.331. The van der Waals surface area contributed by atoms with Crippen molar-refractivity contribution < 1.29 is 9.47 Å². The molecule has 1 aromatic carbocycles. The standard InChI is InChI=1S/C14H21NO2/c1-10-5-3-4-6-13(10)17-11-7-8-12(15)14(9-11)16-2/h7-10,13H,3-6,15H2,1-2H3. The number of rotatable bonds is 3. The van der Waals surface area contributed by atoms with Crippen molar-refractivity contribution in [2.24, 2.45) is 5.92 Å². The summed E-state index contributed by atoms with van der Waals surface area (Å²) >= 11 is 0. The normalized spacial score (nSPS) is 24.4. The monoisotopic (exact) mass is 235 g/mol. The van der Waals surface area contributed by atoms with E-state index in [1.807, 2.05) is 18.2 Å². The van der Waals surface area contributed by atoms with Crippen LogP contribution in [0.3, 0.4) is 0 Å². The van der Waals surface area contributed by atoms with E-state index in [1.165, 1.54) is 19.3 Å². The van der Waals surface area contributed by atoms with Crippen LogP contribution in [0.15, 0.2) is 18.2 Å². The molecule has 1 aromatic rings. The molecule has 0 spiro atoms. The fourth-order valence-corrected chi connectivity index (χ4v) is 2.40. The zero-order valence-electron chi connectivity index (χ0n) is 10.6. The van der Waals surface area contributed by atoms with Crippen molar-refractivity contribution in [3.8, 4) is 11.5 Å². The molecule has 1 saturated carbocycles. The number of hydrogen-bond donors (Lipinski definition) is 1. The topological polar surface area (TPSA) is 44.5 Å². The van der Waals surface area contributed by atoms with Gasteiger partial charge in [-0.1, -0.05) is 13.3 Å². The van der Waals surface area contributed by atoms with Crippen LogP contribution in [0, 0.1) is 5.92 Å². The van der Waals surface area contributed by atoms with Crippen LogP contribution in [0.1, 0.15) is 32.6 Å². The summed E-state index contributed by atoms with van der Waals surface area (Å²) in [6, 6.07) is 5.62. The van der Waals surface area contributed by atoms with Gasteiger partial charge in [-0.05, 0) is 37.3 Å². The van der Waals surface area contributed by atoms with E-state index in [1.54, 1.807) is 7.11 Å². The predicted molar refractivity (Wildman–Crippen MR) is 69.5 cm³/mol. The summed E-state index contributed by atoms with van der Waals surface area (Å²) in [5, 5.41) is 0. The van der Waals surface area contributed by atoms with Crippen molar-refractivity contribution in [3.05, 3.63) is 18.2 Å². The molecular weight excluding hydrogens is 214 g/mol. The van der Waals surface area contributed by atoms with Gasteiger partial charge >= 0.3 is 0 Å². The first-order valence-electron chi connectivity index (χ1n) is 6.31. The minimum Gasteiger partial charge on any atom is -0.494 e. The highest BCUT2D eigenvalue weighted by molar-refractivity contribution is 5.55. The largest absolute Gasteiger partial charge is 0.494 e. The maximum atomic E-state index is 6.03. The van der Waals surface area contributed by atoms with Crippen LogP contribution in [0.4, 0.5) is 5.69 Å². The molecule has 1 fully saturated rings. The van der Waals surface area contributed by atoms with E-state index in [9.17, 15) is 0 Å². The number of ether oxygens (including phenoxy) is 2. The highest BCUT2D eigenvalue weighted by atomic mass is 16.5. The van der Waals surface area contributed by atoms with E-state index in [-0.39, 0.29) is 0 Å². The van der Waals surface area contributed by atoms with Crippen molar-refractivity contribution in [2.75, 3.05) is 12.8 Å². The lowest BCUT2D eigenvalue weighted by Crippen LogP contribution is -2.28. The van der Waals surface area contributed by atoms with Crippen LogP contribution in [0.25, 0.3) is 0 Å². The molecule has 0 aromatic heterocycles. The van der Waals surface area contributed by atoms with Crippen molar-refractivity contribution >= 4 is 5.69 Å². The van der Waals surface area contributed by atoms with Gasteiger partial charge in [-0.25, -0.2) is 0 Å². The average Bonchev–Trinajstić information content (AvgIpc) is 2.34. The Kier molecular flexibility index (Phi) is 3.77. The van der Waals surface area contributed by atoms with Gasteiger partial charge in [0.25, 0.3) is 0 Å². The number of nitrogen functional groups attached to an aromatic ring is 1. The molecule has 94 valence electrons. The van der Waals surface area contributed by atoms with Crippen LogP contribution < -0.4 is 15.2 Å². The van der Waals surface area contributed by atoms with Crippen molar-refractivity contribution in [2.45, 2.75) is 38.7 Å². The molecule has 0 heterocycles. The van der Waals surface area contributed by atoms with Gasteiger partial charge in [0.15, 0.2) is 0 Å². The van der Waals surface area contributed by atoms with Gasteiger partial charge in [-0.3, -0.25) is 0 Å². The number of hydrogen-bond acceptors (Lipinski definition) is 3. The molecule has 2 N–H and O–H groups in total. The van der Waals surface area contributed by atoms with Gasteiger partial charge in [0, 0.05) is 6.07 Å². The summed E-state index contributed by atoms with van der Waals surface area (Å²) < 4.78 is 11.2. The third kappa shape index (κ3) is 2.84. The molecule has 2 atom stereocenters. The van der Waals surface area contributed by atoms with Gasteiger partial charge < -0.3 is 15.2 Å². The van der Waals surface area contributed by atoms with E-state index in [0.717, 1.165) is 12.2 Å². The molecule has 2 rings (SSSR count). The third-order valence-corrected chi connectivity index (χ3v) is 3.53. The second kappa shape index (κ2) is 5.30. The summed E-state index contributed by atoms with van der Waals surface area (Å²) in [6.45, 7) is 2.26. The maximum absolute atomic E-state index is 6.03. The quantitative estimate of drug-likeness (QED) is 0.818. The molecule has 17 heavy (non-hydrogen) atoms. The molecule has 0 amide bonds. The van der Waals surface area contributed by atoms with Gasteiger partial charge in [-0.15, -0.1) is 0 Å². The van der Waals surface area contributed by atoms with E-state index >= 15 is 0 Å². The van der Waals surface area contributed by atoms with Crippen LogP contribution in [-0.4, -0.2) is 13.2 Å². The van der Waals surface area contributed by atoms with Gasteiger partial charge in [0.1, 0.15) is 17.6 Å². The van der Waals surface area contributed by atoms with Crippen molar-refractivity contribution in [1.29, 1.82) is 0 Å². The average molecular weight is 235 g/mol. The second-order valence-corrected chi connectivity index (χ2v) is 4.82. The fraction of sp³-hybridized carbons (Fsp3) is 0.571. The first-order valence-corrected chi connectivity index (χ1v) is 6.31. The molecular formula is C14H21NO2. The van der Waals surface area contributed by atoms with Gasteiger partial charge in [-0.2, -0.15) is 0 Å². The molecule has 0 aliphatic heterocycles. The van der Waals surface area contributed by atoms with E-state index in [2.05, 4.69) is 6.92 Å². The SMILES string of the molecule is COc1cc(OC2CCCCC2C)ccc1N. The first-order chi connectivity index (χ1) is 8.20. The summed E-state index contributed by atoms with van der Waals surface area (Å²) in [6.07, 6.45) is 5.33. The summed E-state index contributed by atoms with van der Waals surface area (Å²) in [5.74, 6) is 2.17. The molecule has 3 heteroatoms. The molecule has 0 bridgehead atoms. The van der Waals surface area contributed by atoms with Crippen molar-refractivity contribution in [3.63, 3.8) is 0 Å². The Hall–Kier alpha value is -1.38. The first kappa shape index (κ1) is 12.1. The highest BCUT2D eigenvalue weighted by Gasteiger charge is 2.22. The van der Waals surface area contributed by atoms with E-state index < -0.39 is 0 Å². The van der Waals surface area contributed by atoms with Gasteiger partial charge in [0.2, 0.25) is 0 Å². The maximum Gasteiger partial charge on any atom is 0.145 e. The van der Waals surface area contributed by atoms with Gasteiger partial charge in [0.05, 0.1) is 12.8 Å². The molecule has 1 aliphatic carbocycles. The smallest absolute Gasteiger partial charge is 0.145 e. The fourth-order valence-electron chi connectivity index (χ4n) is 2.40. The number of anilines is 1. The second-order valence-electron chi connectivity index (χ2n) is 4.82. The number of methoxy groups -OCH3 is 1. The molecule has 2 unspecified atom stereocenters.